The van der Waals surface area contributed by atoms with E-state index in [9.17, 15) is 17.2 Å². The van der Waals surface area contributed by atoms with Crippen LogP contribution in [0.25, 0.3) is 0 Å². The maximum Gasteiger partial charge on any atom is 0.279 e. The van der Waals surface area contributed by atoms with Crippen LogP contribution in [0.4, 0.5) is 8.78 Å². The molecule has 0 saturated heterocycles. The SMILES string of the molecule is CN(CCCN)S(=O)(=O)NCCOCC(F)F. The number of hydrogen-bond donors (Lipinski definition) is 2. The van der Waals surface area contributed by atoms with E-state index in [1.54, 1.807) is 0 Å². The first-order chi connectivity index (χ1) is 7.90. The standard InChI is InChI=1S/C8H19F2N3O3S/c1-13(5-2-3-11)17(14,15)12-4-6-16-7-8(9)10/h8,12H,2-7,11H2,1H3. The van der Waals surface area contributed by atoms with E-state index in [2.05, 4.69) is 9.46 Å². The highest BCUT2D eigenvalue weighted by Gasteiger charge is 2.15. The van der Waals surface area contributed by atoms with Gasteiger partial charge in [-0.25, -0.2) is 8.78 Å². The fourth-order valence-electron chi connectivity index (χ4n) is 0.960. The summed E-state index contributed by atoms with van der Waals surface area (Å²) >= 11 is 0. The normalized spacial score (nSPS) is 12.6. The van der Waals surface area contributed by atoms with Crippen LogP contribution in [0.3, 0.4) is 0 Å². The second-order valence-corrected chi connectivity index (χ2v) is 5.19. The van der Waals surface area contributed by atoms with Crippen molar-refractivity contribution in [3.05, 3.63) is 0 Å². The minimum absolute atomic E-state index is 0.0397. The number of nitrogens with one attached hydrogen (secondary N) is 1. The number of alkyl halides is 2. The van der Waals surface area contributed by atoms with Gasteiger partial charge in [0.2, 0.25) is 0 Å². The molecule has 0 atom stereocenters. The summed E-state index contributed by atoms with van der Waals surface area (Å²) < 4.78 is 54.2. The van der Waals surface area contributed by atoms with E-state index < -0.39 is 23.2 Å². The van der Waals surface area contributed by atoms with Crippen molar-refractivity contribution in [2.24, 2.45) is 5.73 Å². The van der Waals surface area contributed by atoms with Gasteiger partial charge in [0.05, 0.1) is 6.61 Å². The van der Waals surface area contributed by atoms with Gasteiger partial charge in [-0.15, -0.1) is 0 Å². The quantitative estimate of drug-likeness (QED) is 0.521. The van der Waals surface area contributed by atoms with Gasteiger partial charge in [0.1, 0.15) is 6.61 Å². The molecule has 0 unspecified atom stereocenters. The van der Waals surface area contributed by atoms with Crippen molar-refractivity contribution in [3.63, 3.8) is 0 Å². The largest absolute Gasteiger partial charge is 0.374 e. The third-order valence-electron chi connectivity index (χ3n) is 1.86. The van der Waals surface area contributed by atoms with Gasteiger partial charge in [0.25, 0.3) is 16.6 Å². The summed E-state index contributed by atoms with van der Waals surface area (Å²) in [6.45, 7) is -0.109. The molecule has 0 aromatic carbocycles. The second-order valence-electron chi connectivity index (χ2n) is 3.33. The van der Waals surface area contributed by atoms with Crippen molar-refractivity contribution in [3.8, 4) is 0 Å². The zero-order chi connectivity index (χ0) is 13.3. The van der Waals surface area contributed by atoms with Crippen molar-refractivity contribution in [1.29, 1.82) is 0 Å². The highest BCUT2D eigenvalue weighted by Crippen LogP contribution is 1.95. The van der Waals surface area contributed by atoms with Crippen LogP contribution in [0, 0.1) is 0 Å². The van der Waals surface area contributed by atoms with Crippen molar-refractivity contribution in [2.45, 2.75) is 12.8 Å². The monoisotopic (exact) mass is 275 g/mol. The van der Waals surface area contributed by atoms with Crippen LogP contribution >= 0.6 is 0 Å². The van der Waals surface area contributed by atoms with Gasteiger partial charge in [0, 0.05) is 20.1 Å². The number of ether oxygens (including phenoxy) is 1. The van der Waals surface area contributed by atoms with Crippen LogP contribution < -0.4 is 10.5 Å². The number of halogens is 2. The molecular formula is C8H19F2N3O3S. The van der Waals surface area contributed by atoms with Crippen LogP contribution in [0.2, 0.25) is 0 Å². The van der Waals surface area contributed by atoms with Crippen LogP contribution in [0.15, 0.2) is 0 Å². The minimum Gasteiger partial charge on any atom is -0.374 e. The van der Waals surface area contributed by atoms with E-state index in [-0.39, 0.29) is 13.2 Å². The highest BCUT2D eigenvalue weighted by atomic mass is 32.2. The van der Waals surface area contributed by atoms with E-state index in [0.29, 0.717) is 19.5 Å². The molecule has 0 fully saturated rings. The van der Waals surface area contributed by atoms with Crippen molar-refractivity contribution < 1.29 is 21.9 Å². The van der Waals surface area contributed by atoms with Crippen LogP contribution in [0.5, 0.6) is 0 Å². The maximum atomic E-state index is 11.7. The second kappa shape index (κ2) is 8.70. The Morgan fingerprint density at radius 1 is 1.47 bits per heavy atom. The fourth-order valence-corrected chi connectivity index (χ4v) is 1.89. The molecule has 0 aliphatic carbocycles. The molecule has 0 aliphatic rings. The molecular weight excluding hydrogens is 256 g/mol. The number of rotatable bonds is 10. The lowest BCUT2D eigenvalue weighted by molar-refractivity contribution is 0.0198. The zero-order valence-corrected chi connectivity index (χ0v) is 10.5. The molecule has 0 rings (SSSR count). The van der Waals surface area contributed by atoms with Gasteiger partial charge < -0.3 is 10.5 Å². The Kier molecular flexibility index (Phi) is 8.52. The Bertz CT molecular complexity index is 288. The molecule has 0 aromatic rings. The lowest BCUT2D eigenvalue weighted by atomic mass is 10.4. The predicted octanol–water partition coefficient (Wildman–Crippen LogP) is -0.617. The van der Waals surface area contributed by atoms with Crippen molar-refractivity contribution in [1.82, 2.24) is 9.03 Å². The van der Waals surface area contributed by atoms with Gasteiger partial charge in [0.15, 0.2) is 0 Å². The average Bonchev–Trinajstić information content (AvgIpc) is 2.24. The summed E-state index contributed by atoms with van der Waals surface area (Å²) in [6.07, 6.45) is -1.99. The molecule has 0 spiro atoms. The third kappa shape index (κ3) is 8.38. The first kappa shape index (κ1) is 16.6. The van der Waals surface area contributed by atoms with E-state index in [4.69, 9.17) is 5.73 Å². The van der Waals surface area contributed by atoms with E-state index in [0.717, 1.165) is 4.31 Å². The van der Waals surface area contributed by atoms with E-state index in [1.165, 1.54) is 7.05 Å². The number of hydrogen-bond acceptors (Lipinski definition) is 4. The molecule has 0 heterocycles. The lowest BCUT2D eigenvalue weighted by Gasteiger charge is -2.17. The number of nitrogens with zero attached hydrogens (tertiary/aromatic N) is 1. The summed E-state index contributed by atoms with van der Waals surface area (Å²) in [6, 6.07) is 0. The predicted molar refractivity (Wildman–Crippen MR) is 60.0 cm³/mol. The summed E-state index contributed by atoms with van der Waals surface area (Å²) in [5.74, 6) is 0. The average molecular weight is 275 g/mol. The molecule has 0 aromatic heterocycles. The molecule has 3 N–H and O–H groups in total. The molecule has 0 amide bonds. The molecule has 9 heteroatoms. The summed E-state index contributed by atoms with van der Waals surface area (Å²) in [7, 11) is -2.16. The van der Waals surface area contributed by atoms with Crippen LogP contribution in [0.1, 0.15) is 6.42 Å². The lowest BCUT2D eigenvalue weighted by Crippen LogP contribution is -2.40. The molecule has 0 aliphatic heterocycles. The Labute approximate surface area is 100 Å². The molecule has 0 bridgehead atoms. The smallest absolute Gasteiger partial charge is 0.279 e. The van der Waals surface area contributed by atoms with Crippen molar-refractivity contribution in [2.75, 3.05) is 39.9 Å². The van der Waals surface area contributed by atoms with Gasteiger partial charge in [-0.05, 0) is 13.0 Å². The Morgan fingerprint density at radius 2 is 2.12 bits per heavy atom. The van der Waals surface area contributed by atoms with Gasteiger partial charge in [-0.1, -0.05) is 0 Å². The third-order valence-corrected chi connectivity index (χ3v) is 3.43. The van der Waals surface area contributed by atoms with E-state index in [1.807, 2.05) is 0 Å². The molecule has 17 heavy (non-hydrogen) atoms. The van der Waals surface area contributed by atoms with Gasteiger partial charge >= 0.3 is 0 Å². The fraction of sp³-hybridized carbons (Fsp3) is 1.00. The first-order valence-electron chi connectivity index (χ1n) is 5.17. The summed E-state index contributed by atoms with van der Waals surface area (Å²) in [5.41, 5.74) is 5.26. The molecule has 0 radical (unpaired) electrons. The first-order valence-corrected chi connectivity index (χ1v) is 6.61. The van der Waals surface area contributed by atoms with Crippen LogP contribution in [-0.4, -0.2) is 59.0 Å². The zero-order valence-electron chi connectivity index (χ0n) is 9.73. The minimum atomic E-state index is -3.57. The highest BCUT2D eigenvalue weighted by molar-refractivity contribution is 7.87. The molecule has 0 saturated carbocycles. The topological polar surface area (TPSA) is 84.7 Å². The Morgan fingerprint density at radius 3 is 2.65 bits per heavy atom. The number of nitrogens with two attached hydrogens (primary N) is 1. The summed E-state index contributed by atoms with van der Waals surface area (Å²) in [5, 5.41) is 0. The van der Waals surface area contributed by atoms with Gasteiger partial charge in [-0.3, -0.25) is 0 Å². The van der Waals surface area contributed by atoms with Crippen LogP contribution in [-0.2, 0) is 14.9 Å². The molecule has 104 valence electrons. The Hall–Kier alpha value is -0.350. The van der Waals surface area contributed by atoms with E-state index >= 15 is 0 Å². The molecule has 6 nitrogen and oxygen atoms in total. The Balaban J connectivity index is 3.77. The van der Waals surface area contributed by atoms with Crippen molar-refractivity contribution >= 4 is 10.2 Å². The summed E-state index contributed by atoms with van der Waals surface area (Å²) in [4.78, 5) is 0. The van der Waals surface area contributed by atoms with Gasteiger partial charge in [-0.2, -0.15) is 17.4 Å². The maximum absolute atomic E-state index is 11.7.